The number of ether oxygens (including phenoxy) is 2. The molecular formula is C32H33N5O4S. The Morgan fingerprint density at radius 2 is 1.55 bits per heavy atom. The lowest BCUT2D eigenvalue weighted by molar-refractivity contribution is -0.115. The SMILES string of the molecule is CCC(Sc1nc(-c2ccc(OC)cc2)c(-c2ccc(OC)cc2)[nH]1)C(=O)Nc1c(C)n(C)n(-c2ccccc2)c1=O. The van der Waals surface area contributed by atoms with Crippen LogP contribution < -0.4 is 20.3 Å². The minimum atomic E-state index is -0.493. The van der Waals surface area contributed by atoms with Crippen molar-refractivity contribution < 1.29 is 14.3 Å². The molecule has 5 aromatic rings. The van der Waals surface area contributed by atoms with E-state index >= 15 is 0 Å². The summed E-state index contributed by atoms with van der Waals surface area (Å²) >= 11 is 1.33. The zero-order valence-corrected chi connectivity index (χ0v) is 25.0. The van der Waals surface area contributed by atoms with Crippen molar-refractivity contribution >= 4 is 23.4 Å². The molecule has 0 fully saturated rings. The van der Waals surface area contributed by atoms with Crippen LogP contribution in [0.15, 0.2) is 88.8 Å². The smallest absolute Gasteiger partial charge is 0.295 e. The quantitative estimate of drug-likeness (QED) is 0.194. The molecule has 0 saturated heterocycles. The van der Waals surface area contributed by atoms with E-state index in [1.165, 1.54) is 11.8 Å². The Labute approximate surface area is 248 Å². The van der Waals surface area contributed by atoms with Crippen LogP contribution in [0.4, 0.5) is 5.69 Å². The third kappa shape index (κ3) is 5.71. The molecule has 10 heteroatoms. The number of H-pyrrole nitrogens is 1. The van der Waals surface area contributed by atoms with Gasteiger partial charge in [0.2, 0.25) is 5.91 Å². The first kappa shape index (κ1) is 28.8. The van der Waals surface area contributed by atoms with Gasteiger partial charge in [0.05, 0.1) is 42.2 Å². The number of hydrogen-bond acceptors (Lipinski definition) is 6. The van der Waals surface area contributed by atoms with Gasteiger partial charge in [-0.1, -0.05) is 36.9 Å². The van der Waals surface area contributed by atoms with E-state index in [2.05, 4.69) is 10.3 Å². The summed E-state index contributed by atoms with van der Waals surface area (Å²) in [5.41, 5.74) is 4.79. The van der Waals surface area contributed by atoms with Gasteiger partial charge >= 0.3 is 0 Å². The summed E-state index contributed by atoms with van der Waals surface area (Å²) in [4.78, 5) is 35.2. The summed E-state index contributed by atoms with van der Waals surface area (Å²) in [6.07, 6.45) is 0.533. The maximum absolute atomic E-state index is 13.5. The van der Waals surface area contributed by atoms with Crippen molar-refractivity contribution in [2.45, 2.75) is 30.7 Å². The van der Waals surface area contributed by atoms with Crippen LogP contribution in [-0.2, 0) is 11.8 Å². The van der Waals surface area contributed by atoms with Gasteiger partial charge in [-0.05, 0) is 74.0 Å². The average molecular weight is 584 g/mol. The normalized spacial score (nSPS) is 11.7. The Morgan fingerprint density at radius 3 is 2.12 bits per heavy atom. The predicted octanol–water partition coefficient (Wildman–Crippen LogP) is 6.07. The summed E-state index contributed by atoms with van der Waals surface area (Å²) in [6.45, 7) is 3.76. The van der Waals surface area contributed by atoms with Crippen molar-refractivity contribution in [1.82, 2.24) is 19.3 Å². The molecule has 0 aliphatic heterocycles. The molecule has 1 atom stereocenters. The van der Waals surface area contributed by atoms with Gasteiger partial charge in [0.15, 0.2) is 5.16 Å². The maximum atomic E-state index is 13.5. The van der Waals surface area contributed by atoms with Crippen LogP contribution >= 0.6 is 11.8 Å². The van der Waals surface area contributed by atoms with E-state index in [-0.39, 0.29) is 17.2 Å². The summed E-state index contributed by atoms with van der Waals surface area (Å²) in [5, 5.41) is 3.01. The van der Waals surface area contributed by atoms with Gasteiger partial charge in [-0.15, -0.1) is 0 Å². The Morgan fingerprint density at radius 1 is 0.952 bits per heavy atom. The molecule has 5 rings (SSSR count). The van der Waals surface area contributed by atoms with Gasteiger partial charge in [-0.3, -0.25) is 14.3 Å². The van der Waals surface area contributed by atoms with Crippen LogP contribution in [0, 0.1) is 6.92 Å². The summed E-state index contributed by atoms with van der Waals surface area (Å²) in [5.74, 6) is 1.24. The van der Waals surface area contributed by atoms with Crippen LogP contribution in [0.3, 0.4) is 0 Å². The molecule has 2 N–H and O–H groups in total. The molecule has 216 valence electrons. The fraction of sp³-hybridized carbons (Fsp3) is 0.219. The zero-order valence-electron chi connectivity index (χ0n) is 24.2. The lowest BCUT2D eigenvalue weighted by Gasteiger charge is -2.12. The maximum Gasteiger partial charge on any atom is 0.295 e. The molecule has 0 aliphatic carbocycles. The van der Waals surface area contributed by atoms with Crippen LogP contribution in [-0.4, -0.2) is 44.7 Å². The number of nitrogens with zero attached hydrogens (tertiary/aromatic N) is 3. The first-order chi connectivity index (χ1) is 20.3. The third-order valence-electron chi connectivity index (χ3n) is 7.14. The number of aromatic nitrogens is 4. The van der Waals surface area contributed by atoms with Crippen molar-refractivity contribution in [3.8, 4) is 39.7 Å². The minimum Gasteiger partial charge on any atom is -0.497 e. The molecule has 0 radical (unpaired) electrons. The highest BCUT2D eigenvalue weighted by Gasteiger charge is 2.25. The number of aromatic amines is 1. The van der Waals surface area contributed by atoms with Crippen LogP contribution in [0.5, 0.6) is 11.5 Å². The number of hydrogen-bond donors (Lipinski definition) is 2. The molecule has 2 heterocycles. The molecular weight excluding hydrogens is 550 g/mol. The Bertz CT molecular complexity index is 1670. The molecule has 2 aromatic heterocycles. The van der Waals surface area contributed by atoms with Gasteiger partial charge in [-0.2, -0.15) is 0 Å². The number of carbonyl (C=O) groups is 1. The number of carbonyl (C=O) groups excluding carboxylic acids is 1. The van der Waals surface area contributed by atoms with Crippen molar-refractivity contribution in [2.75, 3.05) is 19.5 Å². The van der Waals surface area contributed by atoms with Crippen LogP contribution in [0.2, 0.25) is 0 Å². The lowest BCUT2D eigenvalue weighted by Crippen LogP contribution is -2.28. The van der Waals surface area contributed by atoms with Crippen molar-refractivity contribution in [1.29, 1.82) is 0 Å². The lowest BCUT2D eigenvalue weighted by atomic mass is 10.0. The number of thioether (sulfide) groups is 1. The van der Waals surface area contributed by atoms with Crippen molar-refractivity contribution in [2.24, 2.45) is 7.05 Å². The van der Waals surface area contributed by atoms with Crippen molar-refractivity contribution in [3.63, 3.8) is 0 Å². The molecule has 42 heavy (non-hydrogen) atoms. The number of rotatable bonds is 10. The second kappa shape index (κ2) is 12.4. The highest BCUT2D eigenvalue weighted by molar-refractivity contribution is 8.00. The molecule has 0 spiro atoms. The molecule has 9 nitrogen and oxygen atoms in total. The summed E-state index contributed by atoms with van der Waals surface area (Å²) in [6, 6.07) is 24.8. The van der Waals surface area contributed by atoms with Gasteiger partial charge < -0.3 is 19.8 Å². The summed E-state index contributed by atoms with van der Waals surface area (Å²) in [7, 11) is 5.06. The van der Waals surface area contributed by atoms with Crippen LogP contribution in [0.1, 0.15) is 19.0 Å². The topological polar surface area (TPSA) is 103 Å². The number of amides is 1. The van der Waals surface area contributed by atoms with Gasteiger partial charge in [-0.25, -0.2) is 9.67 Å². The second-order valence-corrected chi connectivity index (χ2v) is 10.9. The average Bonchev–Trinajstić information content (AvgIpc) is 3.54. The predicted molar refractivity (Wildman–Crippen MR) is 167 cm³/mol. The van der Waals surface area contributed by atoms with Gasteiger partial charge in [0.1, 0.15) is 17.2 Å². The monoisotopic (exact) mass is 583 g/mol. The third-order valence-corrected chi connectivity index (χ3v) is 8.39. The summed E-state index contributed by atoms with van der Waals surface area (Å²) < 4.78 is 14.0. The molecule has 0 aliphatic rings. The highest BCUT2D eigenvalue weighted by Crippen LogP contribution is 2.36. The fourth-order valence-electron chi connectivity index (χ4n) is 4.70. The van der Waals surface area contributed by atoms with E-state index in [0.717, 1.165) is 39.7 Å². The number of benzene rings is 3. The van der Waals surface area contributed by atoms with Gasteiger partial charge in [0, 0.05) is 18.2 Å². The van der Waals surface area contributed by atoms with E-state index in [9.17, 15) is 9.59 Å². The van der Waals surface area contributed by atoms with Gasteiger partial charge in [0.25, 0.3) is 5.56 Å². The zero-order chi connectivity index (χ0) is 29.8. The van der Waals surface area contributed by atoms with Crippen molar-refractivity contribution in [3.05, 3.63) is 94.9 Å². The Balaban J connectivity index is 1.44. The highest BCUT2D eigenvalue weighted by atomic mass is 32.2. The fourth-order valence-corrected chi connectivity index (χ4v) is 5.61. The first-order valence-corrected chi connectivity index (χ1v) is 14.4. The largest absolute Gasteiger partial charge is 0.497 e. The molecule has 0 saturated carbocycles. The van der Waals surface area contributed by atoms with E-state index in [1.807, 2.05) is 92.7 Å². The standard InChI is InChI=1S/C32H33N5O4S/c1-6-26(30(38)33-27-20(2)36(3)37(31(27)39)23-10-8-7-9-11-23)42-32-34-28(21-12-16-24(40-4)17-13-21)29(35-32)22-14-18-25(41-5)19-15-22/h7-19,26H,6H2,1-5H3,(H,33,38)(H,34,35). The van der Waals surface area contributed by atoms with E-state index in [4.69, 9.17) is 14.5 Å². The second-order valence-electron chi connectivity index (χ2n) is 9.66. The molecule has 0 bridgehead atoms. The Kier molecular flexibility index (Phi) is 8.53. The van der Waals surface area contributed by atoms with Crippen LogP contribution in [0.25, 0.3) is 28.2 Å². The molecule has 3 aromatic carbocycles. The number of nitrogens with one attached hydrogen (secondary N) is 2. The van der Waals surface area contributed by atoms with E-state index < -0.39 is 5.25 Å². The number of methoxy groups -OCH3 is 2. The number of imidazole rings is 1. The number of para-hydroxylation sites is 1. The number of anilines is 1. The molecule has 1 amide bonds. The Hall–Kier alpha value is -4.70. The first-order valence-electron chi connectivity index (χ1n) is 13.5. The van der Waals surface area contributed by atoms with E-state index in [0.29, 0.717) is 17.3 Å². The minimum absolute atomic E-state index is 0.262. The van der Waals surface area contributed by atoms with E-state index in [1.54, 1.807) is 30.6 Å². The molecule has 1 unspecified atom stereocenters.